The van der Waals surface area contributed by atoms with Crippen molar-refractivity contribution >= 4 is 29.3 Å². The summed E-state index contributed by atoms with van der Waals surface area (Å²) in [6.07, 6.45) is 3.04. The van der Waals surface area contributed by atoms with Gasteiger partial charge in [0.1, 0.15) is 23.3 Å². The Morgan fingerprint density at radius 1 is 1.04 bits per heavy atom. The number of ether oxygens (including phenoxy) is 5. The summed E-state index contributed by atoms with van der Waals surface area (Å²) in [5.41, 5.74) is 1.93. The zero-order valence-corrected chi connectivity index (χ0v) is 26.7. The average Bonchev–Trinajstić information content (AvgIpc) is 3.37. The number of nitrogens with zero attached hydrogens (tertiary/aromatic N) is 3. The Hall–Kier alpha value is -4.42. The molecule has 2 aliphatic rings. The molecule has 0 aliphatic carbocycles. The summed E-state index contributed by atoms with van der Waals surface area (Å²) in [5, 5.41) is 0. The number of allylic oxidation sites excluding steroid dienone is 1. The molecule has 11 nitrogen and oxygen atoms in total. The van der Waals surface area contributed by atoms with Crippen LogP contribution in [-0.2, 0) is 19.1 Å². The molecule has 238 valence electrons. The summed E-state index contributed by atoms with van der Waals surface area (Å²) in [4.78, 5) is 47.0. The molecule has 0 radical (unpaired) electrons. The van der Waals surface area contributed by atoms with Crippen LogP contribution < -0.4 is 29.1 Å². The molecule has 0 spiro atoms. The van der Waals surface area contributed by atoms with Crippen LogP contribution in [0.4, 0.5) is 0 Å². The van der Waals surface area contributed by atoms with Crippen LogP contribution in [-0.4, -0.2) is 75.1 Å². The van der Waals surface area contributed by atoms with E-state index in [1.807, 2.05) is 19.1 Å². The number of thiazole rings is 1. The van der Waals surface area contributed by atoms with Gasteiger partial charge in [-0.05, 0) is 55.3 Å². The molecule has 2 aliphatic heterocycles. The van der Waals surface area contributed by atoms with E-state index in [9.17, 15) is 14.4 Å². The maximum Gasteiger partial charge on any atom is 0.338 e. The lowest BCUT2D eigenvalue weighted by atomic mass is 9.93. The SMILES string of the molecule is CCCC1=C(C(=O)OCC)[C@@H](c2cc(OC)ccc2OC)n2c(s/c(=C\c3ccc(OCC(=O)N4CCOCC4)cc3)c2=O)=N1. The molecule has 0 saturated carbocycles. The molecule has 1 amide bonds. The highest BCUT2D eigenvalue weighted by atomic mass is 32.1. The number of methoxy groups -OCH3 is 2. The smallest absolute Gasteiger partial charge is 0.338 e. The van der Waals surface area contributed by atoms with Crippen LogP contribution in [0.15, 0.2) is 63.5 Å². The van der Waals surface area contributed by atoms with Crippen LogP contribution in [0, 0.1) is 0 Å². The Morgan fingerprint density at radius 2 is 1.78 bits per heavy atom. The van der Waals surface area contributed by atoms with Gasteiger partial charge in [0.25, 0.3) is 11.5 Å². The van der Waals surface area contributed by atoms with E-state index in [0.717, 1.165) is 12.0 Å². The van der Waals surface area contributed by atoms with E-state index in [2.05, 4.69) is 0 Å². The van der Waals surface area contributed by atoms with Gasteiger partial charge in [0.05, 0.1) is 49.8 Å². The van der Waals surface area contributed by atoms with Crippen LogP contribution in [0.5, 0.6) is 17.2 Å². The molecule has 45 heavy (non-hydrogen) atoms. The second-order valence-corrected chi connectivity index (χ2v) is 11.4. The zero-order valence-electron chi connectivity index (χ0n) is 25.9. The number of hydrogen-bond donors (Lipinski definition) is 0. The summed E-state index contributed by atoms with van der Waals surface area (Å²) in [5.74, 6) is 0.979. The van der Waals surface area contributed by atoms with E-state index in [-0.39, 0.29) is 24.7 Å². The molecular weight excluding hydrogens is 598 g/mol. The summed E-state index contributed by atoms with van der Waals surface area (Å²) in [6, 6.07) is 11.6. The maximum atomic E-state index is 14.1. The molecule has 12 heteroatoms. The molecule has 0 N–H and O–H groups in total. The largest absolute Gasteiger partial charge is 0.497 e. The first kappa shape index (κ1) is 32.0. The number of amides is 1. The number of fused-ring (bicyclic) bond motifs is 1. The molecule has 1 atom stereocenters. The fraction of sp³-hybridized carbons (Fsp3) is 0.394. The molecule has 3 heterocycles. The Labute approximate surface area is 265 Å². The highest BCUT2D eigenvalue weighted by Gasteiger charge is 2.36. The number of esters is 1. The average molecular weight is 636 g/mol. The van der Waals surface area contributed by atoms with Crippen LogP contribution in [0.2, 0.25) is 0 Å². The van der Waals surface area contributed by atoms with Crippen molar-refractivity contribution in [3.8, 4) is 17.2 Å². The lowest BCUT2D eigenvalue weighted by molar-refractivity contribution is -0.139. The molecule has 3 aromatic rings. The predicted octanol–water partition coefficient (Wildman–Crippen LogP) is 2.83. The number of rotatable bonds is 11. The van der Waals surface area contributed by atoms with Crippen molar-refractivity contribution in [3.63, 3.8) is 0 Å². The topological polar surface area (TPSA) is 118 Å². The van der Waals surface area contributed by atoms with Gasteiger partial charge in [0.2, 0.25) is 0 Å². The number of hydrogen-bond acceptors (Lipinski definition) is 10. The molecule has 1 fully saturated rings. The van der Waals surface area contributed by atoms with Gasteiger partial charge in [-0.25, -0.2) is 9.79 Å². The molecule has 0 unspecified atom stereocenters. The number of aromatic nitrogens is 1. The highest BCUT2D eigenvalue weighted by molar-refractivity contribution is 7.07. The monoisotopic (exact) mass is 635 g/mol. The Bertz CT molecular complexity index is 1750. The first-order chi connectivity index (χ1) is 21.9. The summed E-state index contributed by atoms with van der Waals surface area (Å²) >= 11 is 1.25. The maximum absolute atomic E-state index is 14.1. The van der Waals surface area contributed by atoms with Crippen LogP contribution in [0.1, 0.15) is 43.9 Å². The predicted molar refractivity (Wildman–Crippen MR) is 169 cm³/mol. The van der Waals surface area contributed by atoms with Gasteiger partial charge >= 0.3 is 5.97 Å². The third-order valence-corrected chi connectivity index (χ3v) is 8.51. The second-order valence-electron chi connectivity index (χ2n) is 10.4. The molecule has 0 bridgehead atoms. The second kappa shape index (κ2) is 14.6. The molecule has 5 rings (SSSR count). The van der Waals surface area contributed by atoms with Gasteiger partial charge in [-0.1, -0.05) is 36.8 Å². The first-order valence-electron chi connectivity index (χ1n) is 14.9. The van der Waals surface area contributed by atoms with Crippen molar-refractivity contribution < 1.29 is 33.3 Å². The minimum atomic E-state index is -0.839. The number of carbonyl (C=O) groups excluding carboxylic acids is 2. The van der Waals surface area contributed by atoms with Gasteiger partial charge in [-0.3, -0.25) is 14.2 Å². The van der Waals surface area contributed by atoms with Gasteiger partial charge < -0.3 is 28.6 Å². The van der Waals surface area contributed by atoms with Crippen molar-refractivity contribution in [2.75, 3.05) is 53.7 Å². The van der Waals surface area contributed by atoms with E-state index >= 15 is 0 Å². The number of carbonyl (C=O) groups is 2. The summed E-state index contributed by atoms with van der Waals surface area (Å²) < 4.78 is 29.7. The fourth-order valence-electron chi connectivity index (χ4n) is 5.33. The molecule has 1 aromatic heterocycles. The van der Waals surface area contributed by atoms with Crippen LogP contribution in [0.3, 0.4) is 0 Å². The first-order valence-corrected chi connectivity index (χ1v) is 15.7. The summed E-state index contributed by atoms with van der Waals surface area (Å²) in [6.45, 7) is 6.05. The van der Waals surface area contributed by atoms with E-state index in [1.54, 1.807) is 62.5 Å². The Kier molecular flexibility index (Phi) is 10.4. The molecular formula is C33H37N3O8S. The normalized spacial score (nSPS) is 16.6. The molecule has 1 saturated heterocycles. The van der Waals surface area contributed by atoms with E-state index in [4.69, 9.17) is 28.7 Å². The third kappa shape index (κ3) is 6.97. The minimum absolute atomic E-state index is 0.0609. The van der Waals surface area contributed by atoms with E-state index < -0.39 is 12.0 Å². The van der Waals surface area contributed by atoms with Crippen molar-refractivity contribution in [2.45, 2.75) is 32.7 Å². The van der Waals surface area contributed by atoms with Crippen molar-refractivity contribution in [3.05, 3.63) is 84.5 Å². The number of morpholine rings is 1. The Balaban J connectivity index is 1.53. The lowest BCUT2D eigenvalue weighted by Crippen LogP contribution is -2.42. The van der Waals surface area contributed by atoms with Crippen LogP contribution in [0.25, 0.3) is 6.08 Å². The van der Waals surface area contributed by atoms with E-state index in [1.165, 1.54) is 15.9 Å². The van der Waals surface area contributed by atoms with Crippen LogP contribution >= 0.6 is 11.3 Å². The number of benzene rings is 2. The van der Waals surface area contributed by atoms with Gasteiger partial charge in [-0.15, -0.1) is 0 Å². The standard InChI is InChI=1S/C33H37N3O8S/c1-5-7-25-29(32(39)43-6-2)30(24-19-23(40-3)12-13-26(24)41-4)36-31(38)27(45-33(36)34-25)18-21-8-10-22(11-9-21)44-20-28(37)35-14-16-42-17-15-35/h8-13,18-19,30H,5-7,14-17,20H2,1-4H3/b27-18-/t30-/m1/s1. The van der Waals surface area contributed by atoms with Crippen molar-refractivity contribution in [1.82, 2.24) is 9.47 Å². The van der Waals surface area contributed by atoms with Crippen molar-refractivity contribution in [1.29, 1.82) is 0 Å². The van der Waals surface area contributed by atoms with Crippen molar-refractivity contribution in [2.24, 2.45) is 4.99 Å². The Morgan fingerprint density at radius 3 is 2.44 bits per heavy atom. The minimum Gasteiger partial charge on any atom is -0.497 e. The third-order valence-electron chi connectivity index (χ3n) is 7.53. The quantitative estimate of drug-likeness (QED) is 0.296. The van der Waals surface area contributed by atoms with Gasteiger partial charge in [0.15, 0.2) is 11.4 Å². The highest BCUT2D eigenvalue weighted by Crippen LogP contribution is 2.38. The van der Waals surface area contributed by atoms with Gasteiger partial charge in [0, 0.05) is 18.7 Å². The summed E-state index contributed by atoms with van der Waals surface area (Å²) in [7, 11) is 3.10. The lowest BCUT2D eigenvalue weighted by Gasteiger charge is -2.27. The zero-order chi connectivity index (χ0) is 31.9. The molecule has 2 aromatic carbocycles. The van der Waals surface area contributed by atoms with Gasteiger partial charge in [-0.2, -0.15) is 0 Å². The van der Waals surface area contributed by atoms with E-state index in [0.29, 0.717) is 76.1 Å². The fourth-order valence-corrected chi connectivity index (χ4v) is 6.35.